The molecule has 0 aliphatic heterocycles. The van der Waals surface area contributed by atoms with Crippen LogP contribution in [-0.2, 0) is 16.1 Å². The number of amides is 1. The van der Waals surface area contributed by atoms with Crippen molar-refractivity contribution >= 4 is 28.7 Å². The number of nitrogens with zero attached hydrogens (tertiary/aromatic N) is 2. The lowest BCUT2D eigenvalue weighted by Gasteiger charge is -2.06. The van der Waals surface area contributed by atoms with Crippen LogP contribution in [0, 0.1) is 6.92 Å². The van der Waals surface area contributed by atoms with Crippen molar-refractivity contribution < 1.29 is 50.9 Å². The second-order valence-corrected chi connectivity index (χ2v) is 7.53. The highest BCUT2D eigenvalue weighted by molar-refractivity contribution is 6.05. The Balaban J connectivity index is 0.000000317. The van der Waals surface area contributed by atoms with E-state index in [4.69, 9.17) is 19.8 Å². The van der Waals surface area contributed by atoms with Gasteiger partial charge in [-0.15, -0.1) is 0 Å². The standard InChI is InChI=1S/C19H17N5O.2C2HF3O2/c1-12-4-2-3-5-14(12)9-20-19(25)18-16-7-6-13(8-17(16)23-24-18)15-10-21-22-11-15;2*3-2(4,5)1(6)7/h2-8,10-11H,9H2,1H3,(H,20,25)(H,21,22)(H,23,24);2*(H,6,7). The van der Waals surface area contributed by atoms with E-state index in [0.29, 0.717) is 12.2 Å². The molecule has 0 fully saturated rings. The Bertz CT molecular complexity index is 1410. The quantitative estimate of drug-likeness (QED) is 0.231. The number of aryl methyl sites for hydroxylation is 1. The van der Waals surface area contributed by atoms with Crippen molar-refractivity contribution in [1.82, 2.24) is 25.7 Å². The molecule has 208 valence electrons. The molecule has 0 atom stereocenters. The predicted octanol–water partition coefficient (Wildman–Crippen LogP) is 4.46. The minimum atomic E-state index is -5.08. The van der Waals surface area contributed by atoms with E-state index in [2.05, 4.69) is 25.7 Å². The van der Waals surface area contributed by atoms with Crippen LogP contribution < -0.4 is 5.32 Å². The molecule has 1 amide bonds. The van der Waals surface area contributed by atoms with Crippen molar-refractivity contribution in [1.29, 1.82) is 0 Å². The van der Waals surface area contributed by atoms with Gasteiger partial charge < -0.3 is 15.5 Å². The minimum Gasteiger partial charge on any atom is -0.475 e. The lowest BCUT2D eigenvalue weighted by molar-refractivity contribution is -0.193. The average Bonchev–Trinajstić information content (AvgIpc) is 3.53. The van der Waals surface area contributed by atoms with Crippen LogP contribution in [0.25, 0.3) is 22.0 Å². The number of aromatic nitrogens is 4. The van der Waals surface area contributed by atoms with Crippen molar-refractivity contribution in [3.8, 4) is 11.1 Å². The number of hydrogen-bond donors (Lipinski definition) is 5. The van der Waals surface area contributed by atoms with Crippen LogP contribution in [0.5, 0.6) is 0 Å². The molecule has 4 aromatic rings. The van der Waals surface area contributed by atoms with Crippen molar-refractivity contribution in [2.75, 3.05) is 0 Å². The van der Waals surface area contributed by atoms with Gasteiger partial charge in [-0.2, -0.15) is 36.5 Å². The molecule has 2 heterocycles. The van der Waals surface area contributed by atoms with E-state index in [1.807, 2.05) is 55.6 Å². The molecular weight excluding hydrogens is 540 g/mol. The smallest absolute Gasteiger partial charge is 0.475 e. The highest BCUT2D eigenvalue weighted by atomic mass is 19.4. The largest absolute Gasteiger partial charge is 0.490 e. The summed E-state index contributed by atoms with van der Waals surface area (Å²) in [6.45, 7) is 2.51. The van der Waals surface area contributed by atoms with E-state index in [1.54, 1.807) is 6.20 Å². The molecule has 0 radical (unpaired) electrons. The van der Waals surface area contributed by atoms with Gasteiger partial charge in [0.2, 0.25) is 0 Å². The number of aliphatic carboxylic acids is 2. The molecule has 0 aliphatic carbocycles. The van der Waals surface area contributed by atoms with Crippen LogP contribution in [0.4, 0.5) is 26.3 Å². The number of fused-ring (bicyclic) bond motifs is 1. The lowest BCUT2D eigenvalue weighted by atomic mass is 10.1. The Morgan fingerprint density at radius 2 is 1.51 bits per heavy atom. The van der Waals surface area contributed by atoms with Gasteiger partial charge in [-0.1, -0.05) is 30.3 Å². The molecule has 16 heteroatoms. The number of nitrogens with one attached hydrogen (secondary N) is 3. The molecule has 0 bridgehead atoms. The zero-order valence-corrected chi connectivity index (χ0v) is 19.7. The van der Waals surface area contributed by atoms with Crippen LogP contribution in [0.2, 0.25) is 0 Å². The molecule has 0 saturated heterocycles. The number of halogens is 6. The topological polar surface area (TPSA) is 161 Å². The number of hydrogen-bond acceptors (Lipinski definition) is 5. The number of aromatic amines is 2. The van der Waals surface area contributed by atoms with E-state index < -0.39 is 24.3 Å². The first kappa shape index (κ1) is 30.3. The minimum absolute atomic E-state index is 0.189. The molecule has 4 rings (SSSR count). The number of rotatable bonds is 4. The highest BCUT2D eigenvalue weighted by Crippen LogP contribution is 2.24. The van der Waals surface area contributed by atoms with Crippen LogP contribution >= 0.6 is 0 Å². The molecule has 0 saturated carbocycles. The first-order valence-electron chi connectivity index (χ1n) is 10.5. The molecule has 2 aromatic heterocycles. The second kappa shape index (κ2) is 12.6. The summed E-state index contributed by atoms with van der Waals surface area (Å²) in [4.78, 5) is 30.3. The maximum Gasteiger partial charge on any atom is 0.490 e. The number of carboxylic acid groups (broad SMARTS) is 2. The predicted molar refractivity (Wildman–Crippen MR) is 123 cm³/mol. The Kier molecular flexibility index (Phi) is 9.78. The summed E-state index contributed by atoms with van der Waals surface area (Å²) in [7, 11) is 0. The Morgan fingerprint density at radius 3 is 2.03 bits per heavy atom. The van der Waals surface area contributed by atoms with Gasteiger partial charge >= 0.3 is 24.3 Å². The van der Waals surface area contributed by atoms with Gasteiger partial charge in [-0.3, -0.25) is 15.0 Å². The molecule has 5 N–H and O–H groups in total. The number of H-pyrrole nitrogens is 2. The molecule has 10 nitrogen and oxygen atoms in total. The van der Waals surface area contributed by atoms with Crippen molar-refractivity contribution in [3.63, 3.8) is 0 Å². The summed E-state index contributed by atoms with van der Waals surface area (Å²) in [5.41, 5.74) is 5.47. The van der Waals surface area contributed by atoms with Gasteiger partial charge in [-0.05, 0) is 35.7 Å². The fraction of sp³-hybridized carbons (Fsp3) is 0.174. The van der Waals surface area contributed by atoms with E-state index in [9.17, 15) is 31.1 Å². The van der Waals surface area contributed by atoms with Crippen molar-refractivity contribution in [3.05, 3.63) is 71.7 Å². The molecule has 0 spiro atoms. The third kappa shape index (κ3) is 8.87. The number of alkyl halides is 6. The Labute approximate surface area is 214 Å². The second-order valence-electron chi connectivity index (χ2n) is 7.53. The normalized spacial score (nSPS) is 11.1. The summed E-state index contributed by atoms with van der Waals surface area (Å²) in [5.74, 6) is -5.70. The van der Waals surface area contributed by atoms with Gasteiger partial charge in [-0.25, -0.2) is 9.59 Å². The first-order valence-corrected chi connectivity index (χ1v) is 10.5. The number of carbonyl (C=O) groups excluding carboxylic acids is 1. The third-order valence-electron chi connectivity index (χ3n) is 4.80. The fourth-order valence-electron chi connectivity index (χ4n) is 2.85. The maximum absolute atomic E-state index is 12.5. The zero-order valence-electron chi connectivity index (χ0n) is 19.7. The number of carboxylic acids is 2. The van der Waals surface area contributed by atoms with Crippen LogP contribution in [0.3, 0.4) is 0 Å². The fourth-order valence-corrected chi connectivity index (χ4v) is 2.85. The van der Waals surface area contributed by atoms with Crippen LogP contribution in [-0.4, -0.2) is 60.8 Å². The van der Waals surface area contributed by atoms with Crippen molar-refractivity contribution in [2.45, 2.75) is 25.8 Å². The molecular formula is C23H19F6N5O5. The van der Waals surface area contributed by atoms with Gasteiger partial charge in [0, 0.05) is 23.7 Å². The number of benzene rings is 2. The summed E-state index contributed by atoms with van der Waals surface area (Å²) >= 11 is 0. The maximum atomic E-state index is 12.5. The van der Waals surface area contributed by atoms with Crippen LogP contribution in [0.1, 0.15) is 21.6 Å². The number of carbonyl (C=O) groups is 3. The van der Waals surface area contributed by atoms with E-state index in [0.717, 1.165) is 33.2 Å². The first-order chi connectivity index (χ1) is 18.1. The molecule has 2 aromatic carbocycles. The highest BCUT2D eigenvalue weighted by Gasteiger charge is 2.38. The van der Waals surface area contributed by atoms with Gasteiger partial charge in [0.15, 0.2) is 5.69 Å². The monoisotopic (exact) mass is 559 g/mol. The van der Waals surface area contributed by atoms with Crippen molar-refractivity contribution in [2.24, 2.45) is 0 Å². The van der Waals surface area contributed by atoms with Gasteiger partial charge in [0.05, 0.1) is 11.7 Å². The van der Waals surface area contributed by atoms with E-state index in [-0.39, 0.29) is 5.91 Å². The Morgan fingerprint density at radius 1 is 0.923 bits per heavy atom. The van der Waals surface area contributed by atoms with E-state index in [1.165, 1.54) is 0 Å². The van der Waals surface area contributed by atoms with Gasteiger partial charge in [0.1, 0.15) is 0 Å². The average molecular weight is 559 g/mol. The summed E-state index contributed by atoms with van der Waals surface area (Å²) in [6.07, 6.45) is -6.58. The lowest BCUT2D eigenvalue weighted by Crippen LogP contribution is -2.23. The third-order valence-corrected chi connectivity index (χ3v) is 4.80. The van der Waals surface area contributed by atoms with Gasteiger partial charge in [0.25, 0.3) is 5.91 Å². The summed E-state index contributed by atoms with van der Waals surface area (Å²) in [5, 5.41) is 31.9. The summed E-state index contributed by atoms with van der Waals surface area (Å²) in [6, 6.07) is 13.8. The molecule has 0 unspecified atom stereocenters. The zero-order chi connectivity index (χ0) is 29.4. The summed E-state index contributed by atoms with van der Waals surface area (Å²) < 4.78 is 63.5. The molecule has 0 aliphatic rings. The van der Waals surface area contributed by atoms with Crippen LogP contribution in [0.15, 0.2) is 54.9 Å². The van der Waals surface area contributed by atoms with E-state index >= 15 is 0 Å². The Hall–Kier alpha value is -4.89. The SMILES string of the molecule is Cc1ccccc1CNC(=O)c1n[nH]c2cc(-c3cn[nH]c3)ccc12.O=C(O)C(F)(F)F.O=C(O)C(F)(F)F. The molecule has 39 heavy (non-hydrogen) atoms.